The third-order valence-corrected chi connectivity index (χ3v) is 4.82. The lowest BCUT2D eigenvalue weighted by Gasteiger charge is -2.14. The number of benzene rings is 3. The Bertz CT molecular complexity index is 836. The molecule has 0 heterocycles. The van der Waals surface area contributed by atoms with Gasteiger partial charge < -0.3 is 9.47 Å². The van der Waals surface area contributed by atoms with Crippen LogP contribution >= 0.6 is 15.9 Å². The molecular formula is C22H19BrO2. The van der Waals surface area contributed by atoms with Gasteiger partial charge in [0.1, 0.15) is 11.5 Å². The maximum atomic E-state index is 5.41. The molecule has 0 aliphatic heterocycles. The molecule has 0 radical (unpaired) electrons. The minimum absolute atomic E-state index is 0.825. The van der Waals surface area contributed by atoms with E-state index < -0.39 is 0 Å². The number of hydrogen-bond donors (Lipinski definition) is 0. The van der Waals surface area contributed by atoms with Crippen LogP contribution in [0.5, 0.6) is 11.5 Å². The highest BCUT2D eigenvalue weighted by Gasteiger charge is 2.13. The van der Waals surface area contributed by atoms with E-state index in [-0.39, 0.29) is 0 Å². The van der Waals surface area contributed by atoms with Gasteiger partial charge in [-0.25, -0.2) is 0 Å². The first-order valence-corrected chi connectivity index (χ1v) is 8.76. The molecule has 0 fully saturated rings. The van der Waals surface area contributed by atoms with E-state index in [9.17, 15) is 0 Å². The molecule has 0 aromatic heterocycles. The van der Waals surface area contributed by atoms with Crippen molar-refractivity contribution in [3.05, 3.63) is 95.6 Å². The average Bonchev–Trinajstić information content (AvgIpc) is 2.69. The standard InChI is InChI=1S/C22H19BrO2/c1-24-19-12-6-10-17(14-19)21(18-11-7-13-20(15-18)25-2)22(23)16-8-4-3-5-9-16/h3-15H,1-2H3. The maximum absolute atomic E-state index is 5.41. The molecular weight excluding hydrogens is 376 g/mol. The topological polar surface area (TPSA) is 18.5 Å². The predicted molar refractivity (Wildman–Crippen MR) is 107 cm³/mol. The minimum atomic E-state index is 0.825. The second-order valence-corrected chi connectivity index (χ2v) is 6.31. The van der Waals surface area contributed by atoms with Crippen molar-refractivity contribution in [3.8, 4) is 11.5 Å². The van der Waals surface area contributed by atoms with Gasteiger partial charge in [-0.2, -0.15) is 0 Å². The number of methoxy groups -OCH3 is 2. The van der Waals surface area contributed by atoms with Gasteiger partial charge in [-0.15, -0.1) is 0 Å². The van der Waals surface area contributed by atoms with Gasteiger partial charge in [-0.1, -0.05) is 54.6 Å². The average molecular weight is 395 g/mol. The van der Waals surface area contributed by atoms with Crippen LogP contribution in [0.2, 0.25) is 0 Å². The molecule has 126 valence electrons. The van der Waals surface area contributed by atoms with E-state index in [2.05, 4.69) is 40.2 Å². The molecule has 0 saturated heterocycles. The summed E-state index contributed by atoms with van der Waals surface area (Å²) in [5, 5.41) is 0. The van der Waals surface area contributed by atoms with E-state index in [1.807, 2.05) is 54.6 Å². The number of rotatable bonds is 5. The van der Waals surface area contributed by atoms with Crippen molar-refractivity contribution in [2.45, 2.75) is 0 Å². The van der Waals surface area contributed by atoms with Crippen molar-refractivity contribution in [2.75, 3.05) is 14.2 Å². The molecule has 0 amide bonds. The van der Waals surface area contributed by atoms with Crippen molar-refractivity contribution in [2.24, 2.45) is 0 Å². The summed E-state index contributed by atoms with van der Waals surface area (Å²) in [6, 6.07) is 26.4. The second-order valence-electron chi connectivity index (χ2n) is 5.52. The molecule has 3 heteroatoms. The Morgan fingerprint density at radius 3 is 1.60 bits per heavy atom. The largest absolute Gasteiger partial charge is 0.497 e. The van der Waals surface area contributed by atoms with Crippen LogP contribution in [0.1, 0.15) is 16.7 Å². The fourth-order valence-corrected chi connectivity index (χ4v) is 3.43. The zero-order valence-electron chi connectivity index (χ0n) is 14.2. The summed E-state index contributed by atoms with van der Waals surface area (Å²) in [6.45, 7) is 0. The van der Waals surface area contributed by atoms with Gasteiger partial charge in [-0.3, -0.25) is 0 Å². The third-order valence-electron chi connectivity index (χ3n) is 3.96. The van der Waals surface area contributed by atoms with Crippen LogP contribution < -0.4 is 9.47 Å². The third kappa shape index (κ3) is 3.94. The lowest BCUT2D eigenvalue weighted by Crippen LogP contribution is -1.94. The zero-order chi connectivity index (χ0) is 17.6. The van der Waals surface area contributed by atoms with Crippen LogP contribution in [0.3, 0.4) is 0 Å². The Kier molecular flexibility index (Phi) is 5.56. The summed E-state index contributed by atoms with van der Waals surface area (Å²) >= 11 is 3.82. The Hall–Kier alpha value is -2.52. The van der Waals surface area contributed by atoms with Gasteiger partial charge in [0.2, 0.25) is 0 Å². The van der Waals surface area contributed by atoms with Gasteiger partial charge in [0.05, 0.1) is 14.2 Å². The van der Waals surface area contributed by atoms with Crippen LogP contribution in [0.25, 0.3) is 10.1 Å². The minimum Gasteiger partial charge on any atom is -0.497 e. The van der Waals surface area contributed by atoms with E-state index in [0.29, 0.717) is 0 Å². The zero-order valence-corrected chi connectivity index (χ0v) is 15.8. The highest BCUT2D eigenvalue weighted by molar-refractivity contribution is 9.15. The Morgan fingerprint density at radius 2 is 1.12 bits per heavy atom. The second kappa shape index (κ2) is 8.04. The normalized spacial score (nSPS) is 10.2. The van der Waals surface area contributed by atoms with Gasteiger partial charge >= 0.3 is 0 Å². The van der Waals surface area contributed by atoms with Crippen molar-refractivity contribution in [1.29, 1.82) is 0 Å². The van der Waals surface area contributed by atoms with E-state index in [1.165, 1.54) is 0 Å². The highest BCUT2D eigenvalue weighted by Crippen LogP contribution is 2.37. The summed E-state index contributed by atoms with van der Waals surface area (Å²) in [5.41, 5.74) is 4.35. The van der Waals surface area contributed by atoms with Crippen LogP contribution in [-0.4, -0.2) is 14.2 Å². The van der Waals surface area contributed by atoms with E-state index >= 15 is 0 Å². The van der Waals surface area contributed by atoms with Gasteiger partial charge in [0.15, 0.2) is 0 Å². The molecule has 0 unspecified atom stereocenters. The Balaban J connectivity index is 2.24. The predicted octanol–water partition coefficient (Wildman–Crippen LogP) is 6.02. The first kappa shape index (κ1) is 17.3. The first-order valence-electron chi connectivity index (χ1n) is 7.97. The van der Waals surface area contributed by atoms with Crippen LogP contribution in [0.4, 0.5) is 0 Å². The van der Waals surface area contributed by atoms with Crippen LogP contribution in [-0.2, 0) is 0 Å². The molecule has 25 heavy (non-hydrogen) atoms. The summed E-state index contributed by atoms with van der Waals surface area (Å²) in [7, 11) is 3.36. The maximum Gasteiger partial charge on any atom is 0.119 e. The molecule has 0 aliphatic carbocycles. The van der Waals surface area contributed by atoms with Crippen molar-refractivity contribution < 1.29 is 9.47 Å². The van der Waals surface area contributed by atoms with Gasteiger partial charge in [0.25, 0.3) is 0 Å². The molecule has 0 bridgehead atoms. The molecule has 0 atom stereocenters. The van der Waals surface area contributed by atoms with E-state index in [4.69, 9.17) is 9.47 Å². The molecule has 0 aliphatic rings. The smallest absolute Gasteiger partial charge is 0.119 e. The molecule has 0 N–H and O–H groups in total. The first-order chi connectivity index (χ1) is 12.2. The van der Waals surface area contributed by atoms with E-state index in [1.54, 1.807) is 14.2 Å². The van der Waals surface area contributed by atoms with Gasteiger partial charge in [0, 0.05) is 10.1 Å². The molecule has 0 saturated carbocycles. The summed E-state index contributed by atoms with van der Waals surface area (Å²) in [4.78, 5) is 0. The number of ether oxygens (including phenoxy) is 2. The Morgan fingerprint density at radius 1 is 0.640 bits per heavy atom. The molecule has 0 spiro atoms. The Labute approximate surface area is 156 Å². The van der Waals surface area contributed by atoms with Crippen molar-refractivity contribution >= 4 is 26.0 Å². The van der Waals surface area contributed by atoms with Crippen LogP contribution in [0.15, 0.2) is 78.9 Å². The summed E-state index contributed by atoms with van der Waals surface area (Å²) < 4.78 is 11.8. The lowest BCUT2D eigenvalue weighted by atomic mass is 9.95. The monoisotopic (exact) mass is 394 g/mol. The molecule has 3 rings (SSSR count). The van der Waals surface area contributed by atoms with Crippen molar-refractivity contribution in [3.63, 3.8) is 0 Å². The fourth-order valence-electron chi connectivity index (χ4n) is 2.71. The fraction of sp³-hybridized carbons (Fsp3) is 0.0909. The van der Waals surface area contributed by atoms with Crippen LogP contribution in [0, 0.1) is 0 Å². The number of hydrogen-bond acceptors (Lipinski definition) is 2. The SMILES string of the molecule is COc1cccc(C(=C(Br)c2ccccc2)c2cccc(OC)c2)c1. The molecule has 3 aromatic rings. The quantitative estimate of drug-likeness (QED) is 0.492. The highest BCUT2D eigenvalue weighted by atomic mass is 79.9. The van der Waals surface area contributed by atoms with Gasteiger partial charge in [-0.05, 0) is 56.9 Å². The summed E-state index contributed by atoms with van der Waals surface area (Å²) in [6.07, 6.45) is 0. The molecule has 3 aromatic carbocycles. The lowest BCUT2D eigenvalue weighted by molar-refractivity contribution is 0.414. The van der Waals surface area contributed by atoms with E-state index in [0.717, 1.165) is 38.2 Å². The van der Waals surface area contributed by atoms with Crippen molar-refractivity contribution in [1.82, 2.24) is 0 Å². The summed E-state index contributed by atoms with van der Waals surface area (Å²) in [5.74, 6) is 1.65. The molecule has 2 nitrogen and oxygen atoms in total. The number of halogens is 1.